The van der Waals surface area contributed by atoms with Gasteiger partial charge in [0.25, 0.3) is 0 Å². The Morgan fingerprint density at radius 3 is 1.85 bits per heavy atom. The number of rotatable bonds is 23. The fraction of sp³-hybridized carbons (Fsp3) is 0.694. The van der Waals surface area contributed by atoms with Crippen LogP contribution in [0.1, 0.15) is 136 Å². The normalized spacial score (nSPS) is 18.7. The van der Waals surface area contributed by atoms with E-state index in [9.17, 15) is 13.0 Å². The molecule has 3 aliphatic heterocycles. The molecular formula is C49H76FN5O4S2. The van der Waals surface area contributed by atoms with E-state index in [1.807, 2.05) is 0 Å². The number of pyridine rings is 1. The standard InChI is InChI=1S/C49H76FN5O4S2/c1-5-6-7-8-9-10-11-12-13-14-15-16-17-18-35-59-42-19-22-47(45(50)36-42)61(57,58)48-38-51-46-21-20-43(60(4)56)37-44(46)49(48)55-29-25-40(26-30-55)53-27-23-41(24-28-53)54-33-31-52(32-34-54)39(2)3/h19-22,36-41H,5-18,23-35H2,1-4H3. The van der Waals surface area contributed by atoms with Crippen molar-refractivity contribution in [1.29, 1.82) is 0 Å². The summed E-state index contributed by atoms with van der Waals surface area (Å²) in [6.45, 7) is 15.4. The van der Waals surface area contributed by atoms with E-state index in [0.717, 1.165) is 71.4 Å². The Hall–Kier alpha value is -2.48. The number of benzene rings is 2. The van der Waals surface area contributed by atoms with Crippen LogP contribution in [0.15, 0.2) is 57.3 Å². The van der Waals surface area contributed by atoms with Crippen molar-refractivity contribution in [3.05, 3.63) is 48.4 Å². The second-order valence-electron chi connectivity index (χ2n) is 18.3. The number of piperazine rings is 1. The molecule has 1 unspecified atom stereocenters. The van der Waals surface area contributed by atoms with Crippen LogP contribution in [-0.4, -0.2) is 116 Å². The lowest BCUT2D eigenvalue weighted by atomic mass is 9.96. The van der Waals surface area contributed by atoms with Gasteiger partial charge in [0.2, 0.25) is 9.84 Å². The highest BCUT2D eigenvalue weighted by Crippen LogP contribution is 2.40. The molecule has 6 rings (SSSR count). The molecule has 3 aliphatic rings. The van der Waals surface area contributed by atoms with Gasteiger partial charge in [0.1, 0.15) is 27.6 Å². The lowest BCUT2D eigenvalue weighted by Gasteiger charge is -2.46. The Morgan fingerprint density at radius 1 is 0.738 bits per heavy atom. The number of unbranched alkanes of at least 4 members (excludes halogenated alkanes) is 13. The summed E-state index contributed by atoms with van der Waals surface area (Å²) < 4.78 is 63.4. The van der Waals surface area contributed by atoms with E-state index in [1.165, 1.54) is 102 Å². The quantitative estimate of drug-likeness (QED) is 0.0682. The zero-order valence-corrected chi connectivity index (χ0v) is 39.6. The maximum absolute atomic E-state index is 15.9. The zero-order chi connectivity index (χ0) is 43.2. The second kappa shape index (κ2) is 24.0. The Morgan fingerprint density at radius 2 is 1.30 bits per heavy atom. The van der Waals surface area contributed by atoms with Crippen LogP contribution in [-0.2, 0) is 21.0 Å². The summed E-state index contributed by atoms with van der Waals surface area (Å²) in [5.74, 6) is -0.505. The molecule has 3 fully saturated rings. The molecule has 340 valence electrons. The van der Waals surface area contributed by atoms with E-state index >= 15 is 4.39 Å². The van der Waals surface area contributed by atoms with E-state index in [4.69, 9.17) is 4.74 Å². The maximum atomic E-state index is 15.9. The molecule has 0 N–H and O–H groups in total. The monoisotopic (exact) mass is 882 g/mol. The topological polar surface area (TPSA) is 92.3 Å². The third-order valence-electron chi connectivity index (χ3n) is 13.8. The van der Waals surface area contributed by atoms with Gasteiger partial charge in [-0.15, -0.1) is 0 Å². The number of halogens is 1. The van der Waals surface area contributed by atoms with Gasteiger partial charge in [-0.3, -0.25) is 14.8 Å². The molecule has 9 nitrogen and oxygen atoms in total. The van der Waals surface area contributed by atoms with Gasteiger partial charge in [-0.2, -0.15) is 0 Å². The zero-order valence-electron chi connectivity index (χ0n) is 37.9. The number of aromatic nitrogens is 1. The third kappa shape index (κ3) is 13.3. The van der Waals surface area contributed by atoms with Crippen molar-refractivity contribution in [3.8, 4) is 5.75 Å². The molecule has 12 heteroatoms. The molecule has 0 amide bonds. The van der Waals surface area contributed by atoms with Crippen LogP contribution in [0.5, 0.6) is 5.75 Å². The minimum atomic E-state index is -4.33. The van der Waals surface area contributed by atoms with E-state index in [0.29, 0.717) is 65.1 Å². The van der Waals surface area contributed by atoms with Crippen LogP contribution in [0.2, 0.25) is 0 Å². The summed E-state index contributed by atoms with van der Waals surface area (Å²) >= 11 is -1.28. The van der Waals surface area contributed by atoms with Crippen LogP contribution in [0.3, 0.4) is 0 Å². The number of hydrogen-bond acceptors (Lipinski definition) is 9. The molecule has 0 aliphatic carbocycles. The molecule has 0 spiro atoms. The minimum absolute atomic E-state index is 0.0224. The first-order valence-corrected chi connectivity index (χ1v) is 27.0. The largest absolute Gasteiger partial charge is 0.612 e. The number of likely N-dealkylation sites (tertiary alicyclic amines) is 1. The summed E-state index contributed by atoms with van der Waals surface area (Å²) in [5.41, 5.74) is 1.14. The molecular weight excluding hydrogens is 806 g/mol. The molecule has 0 bridgehead atoms. The van der Waals surface area contributed by atoms with Gasteiger partial charge in [0, 0.05) is 81.1 Å². The van der Waals surface area contributed by atoms with Crippen molar-refractivity contribution in [3.63, 3.8) is 0 Å². The van der Waals surface area contributed by atoms with Crippen LogP contribution < -0.4 is 9.64 Å². The highest BCUT2D eigenvalue weighted by Gasteiger charge is 2.35. The first kappa shape index (κ1) is 48.0. The summed E-state index contributed by atoms with van der Waals surface area (Å²) in [6.07, 6.45) is 25.0. The Bertz CT molecular complexity index is 1890. The van der Waals surface area contributed by atoms with Gasteiger partial charge >= 0.3 is 0 Å². The van der Waals surface area contributed by atoms with Crippen LogP contribution >= 0.6 is 0 Å². The van der Waals surface area contributed by atoms with Crippen molar-refractivity contribution < 1.29 is 22.1 Å². The van der Waals surface area contributed by atoms with Gasteiger partial charge in [-0.25, -0.2) is 12.8 Å². The molecule has 3 saturated heterocycles. The van der Waals surface area contributed by atoms with Crippen molar-refractivity contribution >= 4 is 37.6 Å². The minimum Gasteiger partial charge on any atom is -0.612 e. The number of ether oxygens (including phenoxy) is 1. The van der Waals surface area contributed by atoms with E-state index in [1.54, 1.807) is 30.5 Å². The van der Waals surface area contributed by atoms with Crippen LogP contribution in [0.4, 0.5) is 10.1 Å². The number of hydrogen-bond donors (Lipinski definition) is 0. The first-order valence-electron chi connectivity index (χ1n) is 24.0. The highest BCUT2D eigenvalue weighted by atomic mass is 32.2. The van der Waals surface area contributed by atoms with Gasteiger partial charge in [-0.1, -0.05) is 90.4 Å². The smallest absolute Gasteiger partial charge is 0.213 e. The highest BCUT2D eigenvalue weighted by molar-refractivity contribution is 7.91. The average Bonchev–Trinajstić information content (AvgIpc) is 3.27. The second-order valence-corrected chi connectivity index (χ2v) is 21.6. The Kier molecular flexibility index (Phi) is 18.9. The number of fused-ring (bicyclic) bond motifs is 1. The Labute approximate surface area is 371 Å². The molecule has 2 aromatic carbocycles. The molecule has 0 saturated carbocycles. The predicted octanol–water partition coefficient (Wildman–Crippen LogP) is 10.3. The number of piperidine rings is 2. The van der Waals surface area contributed by atoms with Gasteiger partial charge in [-0.05, 0) is 94.5 Å². The average molecular weight is 882 g/mol. The SMILES string of the molecule is CCCCCCCCCCCCCCCCOc1ccc(S(=O)(=O)c2cnc3ccc([S+](C)[O-])cc3c2N2CCC(N3CCC(N4CCN(C(C)C)CC4)CC3)CC2)c(F)c1. The fourth-order valence-electron chi connectivity index (χ4n) is 9.93. The van der Waals surface area contributed by atoms with Gasteiger partial charge < -0.3 is 19.1 Å². The Balaban J connectivity index is 1.03. The maximum Gasteiger partial charge on any atom is 0.213 e. The van der Waals surface area contributed by atoms with Crippen molar-refractivity contribution in [1.82, 2.24) is 19.7 Å². The first-order chi connectivity index (χ1) is 29.6. The summed E-state index contributed by atoms with van der Waals surface area (Å²) in [6, 6.07) is 11.2. The van der Waals surface area contributed by atoms with Crippen molar-refractivity contribution in [2.24, 2.45) is 0 Å². The third-order valence-corrected chi connectivity index (χ3v) is 16.5. The van der Waals surface area contributed by atoms with Crippen molar-refractivity contribution in [2.75, 3.05) is 70.1 Å². The molecule has 4 heterocycles. The molecule has 3 aromatic rings. The summed E-state index contributed by atoms with van der Waals surface area (Å²) in [7, 11) is -4.33. The predicted molar refractivity (Wildman–Crippen MR) is 250 cm³/mol. The summed E-state index contributed by atoms with van der Waals surface area (Å²) in [5, 5.41) is 0.624. The van der Waals surface area contributed by atoms with Crippen LogP contribution in [0, 0.1) is 5.82 Å². The van der Waals surface area contributed by atoms with E-state index < -0.39 is 31.7 Å². The van der Waals surface area contributed by atoms with Gasteiger partial charge in [0.15, 0.2) is 4.90 Å². The van der Waals surface area contributed by atoms with Crippen LogP contribution in [0.25, 0.3) is 10.9 Å². The fourth-order valence-corrected chi connectivity index (χ4v) is 12.0. The molecule has 61 heavy (non-hydrogen) atoms. The number of anilines is 1. The lowest BCUT2D eigenvalue weighted by molar-refractivity contribution is 0.0359. The van der Waals surface area contributed by atoms with Crippen molar-refractivity contribution in [2.45, 2.75) is 169 Å². The number of sulfone groups is 1. The summed E-state index contributed by atoms with van der Waals surface area (Å²) in [4.78, 5) is 14.8. The lowest BCUT2D eigenvalue weighted by Crippen LogP contribution is -2.56. The molecule has 0 radical (unpaired) electrons. The molecule has 1 aromatic heterocycles. The van der Waals surface area contributed by atoms with E-state index in [-0.39, 0.29) is 4.90 Å². The number of nitrogens with zero attached hydrogens (tertiary/aromatic N) is 5. The molecule has 1 atom stereocenters. The van der Waals surface area contributed by atoms with Gasteiger partial charge in [0.05, 0.1) is 17.8 Å². The van der Waals surface area contributed by atoms with E-state index in [2.05, 4.69) is 45.4 Å².